The van der Waals surface area contributed by atoms with Gasteiger partial charge < -0.3 is 30.6 Å². The number of carbonyl (C=O) groups is 3. The van der Waals surface area contributed by atoms with Crippen LogP contribution in [0.15, 0.2) is 84.9 Å². The number of rotatable bonds is 20. The number of piperidine rings is 2. The molecule has 2 heterocycles. The number of benzene rings is 4. The second kappa shape index (κ2) is 20.6. The van der Waals surface area contributed by atoms with Crippen molar-refractivity contribution >= 4 is 17.3 Å². The summed E-state index contributed by atoms with van der Waals surface area (Å²) in [5.74, 6) is -6.16. The number of phenolic OH excluding ortho intramolecular Hbond substituents is 2. The predicted molar refractivity (Wildman–Crippen MR) is 245 cm³/mol. The Morgan fingerprint density at radius 3 is 1.34 bits per heavy atom. The second-order valence-corrected chi connectivity index (χ2v) is 19.0. The number of hydrogen-bond acceptors (Lipinski definition) is 9. The number of unbranched alkanes of at least 4 members (excludes halogenated alkanes) is 2. The van der Waals surface area contributed by atoms with Crippen LogP contribution in [0.3, 0.4) is 0 Å². The van der Waals surface area contributed by atoms with Gasteiger partial charge in [-0.05, 0) is 150 Å². The summed E-state index contributed by atoms with van der Waals surface area (Å²) >= 11 is 0. The SMILES string of the molecule is Cc1c(F)cccc1C1C(C(=O)c2cccc(O)c2)CN(CCCCNC2CC2)CC1C(=O)C1CN(CCCCNC2CC2)CC(C(=O)c2cccc(O)c2)C1c1cccc(F)c1C. The van der Waals surface area contributed by atoms with Crippen LogP contribution in [0.25, 0.3) is 0 Å². The van der Waals surface area contributed by atoms with Crippen LogP contribution in [0.1, 0.15) is 106 Å². The van der Waals surface area contributed by atoms with Gasteiger partial charge in [0, 0.05) is 84.9 Å². The molecule has 4 N–H and O–H groups in total. The van der Waals surface area contributed by atoms with Gasteiger partial charge in [-0.25, -0.2) is 8.78 Å². The van der Waals surface area contributed by atoms with Crippen LogP contribution in [0.5, 0.6) is 11.5 Å². The first-order valence-corrected chi connectivity index (χ1v) is 23.6. The number of phenols is 2. The molecule has 64 heavy (non-hydrogen) atoms. The van der Waals surface area contributed by atoms with Gasteiger partial charge in [0.2, 0.25) is 0 Å². The van der Waals surface area contributed by atoms with Crippen molar-refractivity contribution in [2.24, 2.45) is 23.7 Å². The number of nitrogens with one attached hydrogen (secondary N) is 2. The first kappa shape index (κ1) is 45.7. The zero-order valence-corrected chi connectivity index (χ0v) is 37.3. The van der Waals surface area contributed by atoms with E-state index >= 15 is 13.6 Å². The van der Waals surface area contributed by atoms with Crippen LogP contribution in [-0.4, -0.2) is 102 Å². The zero-order chi connectivity index (χ0) is 44.9. The van der Waals surface area contributed by atoms with Crippen molar-refractivity contribution in [1.29, 1.82) is 0 Å². The molecule has 0 amide bonds. The molecule has 0 radical (unpaired) electrons. The van der Waals surface area contributed by atoms with Gasteiger partial charge in [0.25, 0.3) is 0 Å². The number of nitrogens with zero attached hydrogens (tertiary/aromatic N) is 2. The van der Waals surface area contributed by atoms with Gasteiger partial charge in [-0.15, -0.1) is 0 Å². The van der Waals surface area contributed by atoms with E-state index in [9.17, 15) is 19.8 Å². The van der Waals surface area contributed by atoms with E-state index in [0.29, 0.717) is 84.7 Å². The summed E-state index contributed by atoms with van der Waals surface area (Å²) in [6.45, 7) is 7.78. The summed E-state index contributed by atoms with van der Waals surface area (Å²) < 4.78 is 31.5. The Balaban J connectivity index is 1.22. The molecule has 2 aliphatic carbocycles. The molecule has 4 aliphatic rings. The van der Waals surface area contributed by atoms with Gasteiger partial charge in [0.15, 0.2) is 11.6 Å². The zero-order valence-electron chi connectivity index (χ0n) is 37.3. The van der Waals surface area contributed by atoms with Crippen LogP contribution in [0, 0.1) is 49.2 Å². The maximum absolute atomic E-state index is 16.3. The van der Waals surface area contributed by atoms with Crippen LogP contribution in [-0.2, 0) is 4.79 Å². The van der Waals surface area contributed by atoms with Gasteiger partial charge in [-0.2, -0.15) is 0 Å². The van der Waals surface area contributed by atoms with Gasteiger partial charge >= 0.3 is 0 Å². The van der Waals surface area contributed by atoms with E-state index < -0.39 is 47.1 Å². The lowest BCUT2D eigenvalue weighted by molar-refractivity contribution is -0.133. The largest absolute Gasteiger partial charge is 0.508 e. The topological polar surface area (TPSA) is 122 Å². The predicted octanol–water partition coefficient (Wildman–Crippen LogP) is 8.36. The molecule has 2 saturated heterocycles. The molecule has 2 aliphatic heterocycles. The third-order valence-electron chi connectivity index (χ3n) is 14.4. The molecule has 4 fully saturated rings. The molecule has 2 saturated carbocycles. The molecule has 8 rings (SSSR count). The van der Waals surface area contributed by atoms with Crippen LogP contribution < -0.4 is 10.6 Å². The van der Waals surface area contributed by atoms with Crippen molar-refractivity contribution in [1.82, 2.24) is 20.4 Å². The summed E-state index contributed by atoms with van der Waals surface area (Å²) in [6, 6.07) is 23.5. The molecule has 11 heteroatoms. The van der Waals surface area contributed by atoms with E-state index in [0.717, 1.165) is 38.8 Å². The highest BCUT2D eigenvalue weighted by atomic mass is 19.1. The first-order valence-electron chi connectivity index (χ1n) is 23.6. The van der Waals surface area contributed by atoms with Gasteiger partial charge in [0.1, 0.15) is 28.9 Å². The molecule has 0 spiro atoms. The Morgan fingerprint density at radius 2 is 0.953 bits per heavy atom. The molecule has 9 nitrogen and oxygen atoms in total. The van der Waals surface area contributed by atoms with Crippen molar-refractivity contribution in [2.75, 3.05) is 52.4 Å². The molecule has 340 valence electrons. The van der Waals surface area contributed by atoms with Crippen molar-refractivity contribution in [3.8, 4) is 11.5 Å². The third-order valence-corrected chi connectivity index (χ3v) is 14.4. The average Bonchev–Trinajstić information content (AvgIpc) is 4.24. The second-order valence-electron chi connectivity index (χ2n) is 19.0. The smallest absolute Gasteiger partial charge is 0.167 e. The Kier molecular flexibility index (Phi) is 14.7. The van der Waals surface area contributed by atoms with E-state index in [1.807, 2.05) is 12.1 Å². The number of Topliss-reactive ketones (excluding diaryl/α,β-unsaturated/α-hetero) is 3. The van der Waals surface area contributed by atoms with Crippen molar-refractivity contribution < 1.29 is 33.4 Å². The monoisotopic (exact) mass is 874 g/mol. The van der Waals surface area contributed by atoms with E-state index in [2.05, 4.69) is 20.4 Å². The first-order chi connectivity index (χ1) is 31.0. The fraction of sp³-hybridized carbons (Fsp3) is 0.491. The molecule has 4 aromatic rings. The maximum atomic E-state index is 16.3. The van der Waals surface area contributed by atoms with E-state index in [4.69, 9.17) is 0 Å². The molecule has 0 aromatic heterocycles. The molecule has 6 unspecified atom stereocenters. The van der Waals surface area contributed by atoms with Gasteiger partial charge in [-0.1, -0.05) is 48.5 Å². The van der Waals surface area contributed by atoms with Gasteiger partial charge in [-0.3, -0.25) is 14.4 Å². The fourth-order valence-corrected chi connectivity index (χ4v) is 10.6. The molecule has 6 atom stereocenters. The Hall–Kier alpha value is -4.81. The highest BCUT2D eigenvalue weighted by molar-refractivity contribution is 6.01. The van der Waals surface area contributed by atoms with Crippen molar-refractivity contribution in [3.05, 3.63) is 130 Å². The lowest BCUT2D eigenvalue weighted by atomic mass is 9.62. The number of hydrogen-bond donors (Lipinski definition) is 4. The Morgan fingerprint density at radius 1 is 0.562 bits per heavy atom. The minimum Gasteiger partial charge on any atom is -0.508 e. The minimum absolute atomic E-state index is 0.0471. The standard InChI is InChI=1S/C53H64F2N4O5/c1-33-41(15-9-17-47(33)54)49-43(51(62)35-11-7-13-39(60)27-35)29-58(25-5-3-23-56-37-19-20-37)31-45(49)53(64)46-32-59(26-6-4-24-57-38-21-22-38)30-44(52(63)36-12-8-14-40(61)28-36)50(46)42-16-10-18-48(55)34(42)2/h7-18,27-28,37-38,43-46,49-50,56-57,60-61H,3-6,19-26,29-32H2,1-2H3. The minimum atomic E-state index is -0.800. The van der Waals surface area contributed by atoms with Crippen molar-refractivity contribution in [3.63, 3.8) is 0 Å². The van der Waals surface area contributed by atoms with E-state index in [1.54, 1.807) is 50.2 Å². The number of aromatic hydroxyl groups is 2. The summed E-state index contributed by atoms with van der Waals surface area (Å²) in [5, 5.41) is 28.2. The van der Waals surface area contributed by atoms with E-state index in [-0.39, 0.29) is 28.8 Å². The highest BCUT2D eigenvalue weighted by Crippen LogP contribution is 2.48. The summed E-state index contributed by atoms with van der Waals surface area (Å²) in [5.41, 5.74) is 2.56. The maximum Gasteiger partial charge on any atom is 0.167 e. The third kappa shape index (κ3) is 10.8. The lowest BCUT2D eigenvalue weighted by Crippen LogP contribution is -2.56. The van der Waals surface area contributed by atoms with Crippen LogP contribution in [0.2, 0.25) is 0 Å². The van der Waals surface area contributed by atoms with E-state index in [1.165, 1.54) is 62.1 Å². The number of carbonyl (C=O) groups excluding carboxylic acids is 3. The number of ketones is 3. The lowest BCUT2D eigenvalue weighted by Gasteiger charge is -2.48. The summed E-state index contributed by atoms with van der Waals surface area (Å²) in [6.07, 6.45) is 8.33. The van der Waals surface area contributed by atoms with Crippen molar-refractivity contribution in [2.45, 2.75) is 89.1 Å². The molecule has 0 bridgehead atoms. The Bertz CT molecular complexity index is 2140. The van der Waals surface area contributed by atoms with Gasteiger partial charge in [0.05, 0.1) is 0 Å². The number of halogens is 2. The van der Waals surface area contributed by atoms with Crippen LogP contribution in [0.4, 0.5) is 8.78 Å². The quantitative estimate of drug-likeness (QED) is 0.0513. The van der Waals surface area contributed by atoms with Crippen LogP contribution >= 0.6 is 0 Å². The average molecular weight is 875 g/mol. The summed E-state index contributed by atoms with van der Waals surface area (Å²) in [7, 11) is 0. The highest BCUT2D eigenvalue weighted by Gasteiger charge is 2.51. The molecule has 4 aromatic carbocycles. The normalized spacial score (nSPS) is 24.1. The number of likely N-dealkylation sites (tertiary alicyclic amines) is 2. The molecular formula is C53H64F2N4O5. The Labute approximate surface area is 376 Å². The fourth-order valence-electron chi connectivity index (χ4n) is 10.6. The summed E-state index contributed by atoms with van der Waals surface area (Å²) in [4.78, 5) is 50.6. The molecular weight excluding hydrogens is 811 g/mol.